The van der Waals surface area contributed by atoms with E-state index in [0.717, 1.165) is 6.42 Å². The second-order valence-corrected chi connectivity index (χ2v) is 5.70. The third-order valence-corrected chi connectivity index (χ3v) is 4.62. The average molecular weight is 243 g/mol. The Morgan fingerprint density at radius 2 is 2.11 bits per heavy atom. The van der Waals surface area contributed by atoms with Gasteiger partial charge in [-0.15, -0.1) is 0 Å². The molecule has 2 fully saturated rings. The monoisotopic (exact) mass is 243 g/mol. The van der Waals surface area contributed by atoms with E-state index in [0.29, 0.717) is 25.0 Å². The zero-order valence-corrected chi connectivity index (χ0v) is 10.3. The normalized spacial score (nSPS) is 33.0. The van der Waals surface area contributed by atoms with Crippen LogP contribution in [0.2, 0.25) is 0 Å². The maximum Gasteiger partial charge on any atom is 0.224 e. The number of benzene rings is 1. The van der Waals surface area contributed by atoms with Crippen LogP contribution < -0.4 is 5.32 Å². The molecule has 1 saturated heterocycles. The summed E-state index contributed by atoms with van der Waals surface area (Å²) in [6.45, 7) is 1.37. The number of carbonyl (C=O) groups is 1. The Labute approximate surface area is 107 Å². The SMILES string of the molecule is O=C(NC1COC1)C1C2CCc3ccccc3C21. The van der Waals surface area contributed by atoms with E-state index in [2.05, 4.69) is 29.6 Å². The number of hydrogen-bond donors (Lipinski definition) is 1. The summed E-state index contributed by atoms with van der Waals surface area (Å²) in [5.41, 5.74) is 2.86. The van der Waals surface area contributed by atoms with Crippen molar-refractivity contribution in [2.24, 2.45) is 11.8 Å². The van der Waals surface area contributed by atoms with Crippen LogP contribution in [0.4, 0.5) is 0 Å². The first-order valence-electron chi connectivity index (χ1n) is 6.80. The van der Waals surface area contributed by atoms with E-state index in [1.165, 1.54) is 17.5 Å². The minimum Gasteiger partial charge on any atom is -0.377 e. The highest BCUT2D eigenvalue weighted by atomic mass is 16.5. The van der Waals surface area contributed by atoms with Crippen molar-refractivity contribution in [3.8, 4) is 0 Å². The Kier molecular flexibility index (Phi) is 2.24. The van der Waals surface area contributed by atoms with Crippen molar-refractivity contribution in [3.05, 3.63) is 35.4 Å². The van der Waals surface area contributed by atoms with Crippen LogP contribution >= 0.6 is 0 Å². The van der Waals surface area contributed by atoms with E-state index >= 15 is 0 Å². The number of nitrogens with one attached hydrogen (secondary N) is 1. The van der Waals surface area contributed by atoms with Gasteiger partial charge in [-0.2, -0.15) is 0 Å². The highest BCUT2D eigenvalue weighted by Crippen LogP contribution is 2.59. The summed E-state index contributed by atoms with van der Waals surface area (Å²) >= 11 is 0. The van der Waals surface area contributed by atoms with Crippen molar-refractivity contribution in [1.82, 2.24) is 5.32 Å². The molecule has 0 spiro atoms. The van der Waals surface area contributed by atoms with E-state index in [4.69, 9.17) is 4.74 Å². The van der Waals surface area contributed by atoms with E-state index in [9.17, 15) is 4.79 Å². The lowest BCUT2D eigenvalue weighted by atomic mass is 9.92. The first-order chi connectivity index (χ1) is 8.84. The minimum atomic E-state index is 0.217. The molecular formula is C15H17NO2. The highest BCUT2D eigenvalue weighted by molar-refractivity contribution is 5.84. The maximum atomic E-state index is 12.2. The summed E-state index contributed by atoms with van der Waals surface area (Å²) in [5, 5.41) is 3.10. The number of aryl methyl sites for hydroxylation is 1. The van der Waals surface area contributed by atoms with Gasteiger partial charge in [-0.05, 0) is 35.8 Å². The molecule has 18 heavy (non-hydrogen) atoms. The van der Waals surface area contributed by atoms with Crippen molar-refractivity contribution in [2.45, 2.75) is 24.8 Å². The summed E-state index contributed by atoms with van der Waals surface area (Å²) in [6.07, 6.45) is 2.30. The third-order valence-electron chi connectivity index (χ3n) is 4.62. The van der Waals surface area contributed by atoms with Crippen LogP contribution in [0.25, 0.3) is 0 Å². The molecule has 1 saturated carbocycles. The second kappa shape index (κ2) is 3.82. The van der Waals surface area contributed by atoms with Gasteiger partial charge in [-0.3, -0.25) is 4.79 Å². The number of carbonyl (C=O) groups excluding carboxylic acids is 1. The van der Waals surface area contributed by atoms with E-state index in [1.807, 2.05) is 0 Å². The first-order valence-corrected chi connectivity index (χ1v) is 6.80. The molecule has 94 valence electrons. The van der Waals surface area contributed by atoms with Gasteiger partial charge in [0, 0.05) is 5.92 Å². The molecular weight excluding hydrogens is 226 g/mol. The topological polar surface area (TPSA) is 38.3 Å². The molecule has 4 rings (SSSR count). The lowest BCUT2D eigenvalue weighted by Crippen LogP contribution is -2.49. The summed E-state index contributed by atoms with van der Waals surface area (Å²) in [6, 6.07) is 8.86. The van der Waals surface area contributed by atoms with Gasteiger partial charge >= 0.3 is 0 Å². The fourth-order valence-corrected chi connectivity index (χ4v) is 3.54. The van der Waals surface area contributed by atoms with Gasteiger partial charge in [0.15, 0.2) is 0 Å². The molecule has 0 bridgehead atoms. The summed E-state index contributed by atoms with van der Waals surface area (Å²) in [4.78, 5) is 12.2. The molecule has 0 radical (unpaired) electrons. The Bertz CT molecular complexity index is 495. The fourth-order valence-electron chi connectivity index (χ4n) is 3.54. The molecule has 1 amide bonds. The maximum absolute atomic E-state index is 12.2. The lowest BCUT2D eigenvalue weighted by Gasteiger charge is -2.26. The molecule has 3 aliphatic rings. The smallest absolute Gasteiger partial charge is 0.224 e. The Morgan fingerprint density at radius 3 is 2.89 bits per heavy atom. The van der Waals surface area contributed by atoms with Gasteiger partial charge < -0.3 is 10.1 Å². The molecule has 3 nitrogen and oxygen atoms in total. The Balaban J connectivity index is 1.52. The van der Waals surface area contributed by atoms with Crippen molar-refractivity contribution in [2.75, 3.05) is 13.2 Å². The molecule has 1 N–H and O–H groups in total. The van der Waals surface area contributed by atoms with Crippen LogP contribution in [0.15, 0.2) is 24.3 Å². The van der Waals surface area contributed by atoms with Crippen LogP contribution in [-0.4, -0.2) is 25.2 Å². The van der Waals surface area contributed by atoms with Crippen molar-refractivity contribution < 1.29 is 9.53 Å². The minimum absolute atomic E-state index is 0.217. The van der Waals surface area contributed by atoms with E-state index in [1.54, 1.807) is 0 Å². The molecule has 3 unspecified atom stereocenters. The van der Waals surface area contributed by atoms with Gasteiger partial charge in [0.2, 0.25) is 5.91 Å². The van der Waals surface area contributed by atoms with Crippen molar-refractivity contribution in [1.29, 1.82) is 0 Å². The summed E-state index contributed by atoms with van der Waals surface area (Å²) in [5.74, 6) is 1.53. The summed E-state index contributed by atoms with van der Waals surface area (Å²) in [7, 11) is 0. The molecule has 1 heterocycles. The molecule has 3 atom stereocenters. The number of ether oxygens (including phenoxy) is 1. The average Bonchev–Trinajstić information content (AvgIpc) is 3.08. The quantitative estimate of drug-likeness (QED) is 0.854. The van der Waals surface area contributed by atoms with Crippen LogP contribution in [0.5, 0.6) is 0 Å². The molecule has 1 aromatic rings. The third kappa shape index (κ3) is 1.50. The van der Waals surface area contributed by atoms with Crippen molar-refractivity contribution in [3.63, 3.8) is 0 Å². The fraction of sp³-hybridized carbons (Fsp3) is 0.533. The van der Waals surface area contributed by atoms with Gasteiger partial charge in [0.1, 0.15) is 0 Å². The Morgan fingerprint density at radius 1 is 1.28 bits per heavy atom. The predicted molar refractivity (Wildman–Crippen MR) is 67.2 cm³/mol. The zero-order chi connectivity index (χ0) is 12.1. The predicted octanol–water partition coefficient (Wildman–Crippen LogP) is 1.48. The Hall–Kier alpha value is -1.35. The molecule has 2 aliphatic carbocycles. The summed E-state index contributed by atoms with van der Waals surface area (Å²) < 4.78 is 5.10. The molecule has 1 aliphatic heterocycles. The molecule has 3 heteroatoms. The molecule has 0 aromatic heterocycles. The number of fused-ring (bicyclic) bond motifs is 3. The van der Waals surface area contributed by atoms with Crippen LogP contribution in [-0.2, 0) is 16.0 Å². The standard InChI is InChI=1S/C15H17NO2/c17-15(16-10-7-18-8-10)14-12-6-5-9-3-1-2-4-11(9)13(12)14/h1-4,10,12-14H,5-8H2,(H,16,17). The first kappa shape index (κ1) is 10.6. The zero-order valence-electron chi connectivity index (χ0n) is 10.3. The van der Waals surface area contributed by atoms with Crippen LogP contribution in [0, 0.1) is 11.8 Å². The number of amides is 1. The highest BCUT2D eigenvalue weighted by Gasteiger charge is 2.57. The molecule has 1 aromatic carbocycles. The lowest BCUT2D eigenvalue weighted by molar-refractivity contribution is -0.126. The van der Waals surface area contributed by atoms with E-state index in [-0.39, 0.29) is 17.9 Å². The number of rotatable bonds is 2. The van der Waals surface area contributed by atoms with Gasteiger partial charge in [-0.1, -0.05) is 24.3 Å². The largest absolute Gasteiger partial charge is 0.377 e. The van der Waals surface area contributed by atoms with Crippen LogP contribution in [0.3, 0.4) is 0 Å². The number of hydrogen-bond acceptors (Lipinski definition) is 2. The van der Waals surface area contributed by atoms with Gasteiger partial charge in [0.25, 0.3) is 0 Å². The van der Waals surface area contributed by atoms with Crippen molar-refractivity contribution >= 4 is 5.91 Å². The van der Waals surface area contributed by atoms with Gasteiger partial charge in [0.05, 0.1) is 19.3 Å². The second-order valence-electron chi connectivity index (χ2n) is 5.70. The van der Waals surface area contributed by atoms with Gasteiger partial charge in [-0.25, -0.2) is 0 Å². The van der Waals surface area contributed by atoms with E-state index < -0.39 is 0 Å². The van der Waals surface area contributed by atoms with Crippen LogP contribution in [0.1, 0.15) is 23.5 Å².